The SMILES string of the molecule is CC(C)=CC1CCC(=O)C1(C)C. The van der Waals surface area contributed by atoms with Crippen molar-refractivity contribution in [2.75, 3.05) is 0 Å². The third-order valence-corrected chi connectivity index (χ3v) is 2.86. The molecule has 0 aromatic heterocycles. The van der Waals surface area contributed by atoms with Crippen LogP contribution in [0, 0.1) is 11.3 Å². The molecule has 1 aliphatic rings. The molecule has 68 valence electrons. The second-order valence-corrected chi connectivity index (χ2v) is 4.53. The minimum Gasteiger partial charge on any atom is -0.299 e. The van der Waals surface area contributed by atoms with Crippen molar-refractivity contribution in [3.8, 4) is 0 Å². The van der Waals surface area contributed by atoms with E-state index in [0.29, 0.717) is 11.7 Å². The predicted molar refractivity (Wildman–Crippen MR) is 50.9 cm³/mol. The number of carbonyl (C=O) groups is 1. The number of carbonyl (C=O) groups excluding carboxylic acids is 1. The number of hydrogen-bond acceptors (Lipinski definition) is 1. The highest BCUT2D eigenvalue weighted by Gasteiger charge is 2.40. The molecule has 0 saturated heterocycles. The van der Waals surface area contributed by atoms with E-state index in [0.717, 1.165) is 12.8 Å². The Balaban J connectivity index is 2.82. The van der Waals surface area contributed by atoms with Crippen molar-refractivity contribution in [3.05, 3.63) is 11.6 Å². The smallest absolute Gasteiger partial charge is 0.139 e. The number of rotatable bonds is 1. The Labute approximate surface area is 74.9 Å². The average Bonchev–Trinajstić information content (AvgIpc) is 2.15. The lowest BCUT2D eigenvalue weighted by Crippen LogP contribution is -2.23. The molecular formula is C11H18O. The van der Waals surface area contributed by atoms with Crippen molar-refractivity contribution in [1.29, 1.82) is 0 Å². The van der Waals surface area contributed by atoms with Gasteiger partial charge >= 0.3 is 0 Å². The summed E-state index contributed by atoms with van der Waals surface area (Å²) >= 11 is 0. The molecule has 12 heavy (non-hydrogen) atoms. The van der Waals surface area contributed by atoms with Gasteiger partial charge in [-0.15, -0.1) is 0 Å². The van der Waals surface area contributed by atoms with Gasteiger partial charge in [-0.25, -0.2) is 0 Å². The zero-order valence-corrected chi connectivity index (χ0v) is 8.48. The third-order valence-electron chi connectivity index (χ3n) is 2.86. The Morgan fingerprint density at radius 2 is 2.08 bits per heavy atom. The van der Waals surface area contributed by atoms with Crippen molar-refractivity contribution in [2.24, 2.45) is 11.3 Å². The summed E-state index contributed by atoms with van der Waals surface area (Å²) in [6.07, 6.45) is 4.04. The molecule has 1 nitrogen and oxygen atoms in total. The molecule has 1 unspecified atom stereocenters. The standard InChI is InChI=1S/C11H18O/c1-8(2)7-9-5-6-10(12)11(9,3)4/h7,9H,5-6H2,1-4H3. The van der Waals surface area contributed by atoms with Gasteiger partial charge in [0.15, 0.2) is 0 Å². The fourth-order valence-electron chi connectivity index (χ4n) is 1.87. The van der Waals surface area contributed by atoms with Crippen LogP contribution < -0.4 is 0 Å². The van der Waals surface area contributed by atoms with Crippen LogP contribution >= 0.6 is 0 Å². The molecule has 0 bridgehead atoms. The van der Waals surface area contributed by atoms with Crippen LogP contribution in [-0.2, 0) is 4.79 Å². The second kappa shape index (κ2) is 3.04. The summed E-state index contributed by atoms with van der Waals surface area (Å²) in [5, 5.41) is 0. The van der Waals surface area contributed by atoms with Crippen LogP contribution in [0.25, 0.3) is 0 Å². The lowest BCUT2D eigenvalue weighted by Gasteiger charge is -2.22. The molecule has 1 saturated carbocycles. The van der Waals surface area contributed by atoms with Crippen molar-refractivity contribution >= 4 is 5.78 Å². The Hall–Kier alpha value is -0.590. The van der Waals surface area contributed by atoms with Crippen molar-refractivity contribution < 1.29 is 4.79 Å². The summed E-state index contributed by atoms with van der Waals surface area (Å²) in [6.45, 7) is 8.32. The zero-order valence-electron chi connectivity index (χ0n) is 8.48. The molecule has 1 heteroatoms. The minimum atomic E-state index is -0.114. The van der Waals surface area contributed by atoms with E-state index in [1.807, 2.05) is 0 Å². The van der Waals surface area contributed by atoms with E-state index in [2.05, 4.69) is 33.8 Å². The van der Waals surface area contributed by atoms with Crippen LogP contribution in [0.15, 0.2) is 11.6 Å². The molecule has 0 N–H and O–H groups in total. The Morgan fingerprint density at radius 1 is 1.50 bits per heavy atom. The molecule has 0 heterocycles. The molecule has 0 aromatic rings. The molecule has 1 fully saturated rings. The van der Waals surface area contributed by atoms with Crippen molar-refractivity contribution in [3.63, 3.8) is 0 Å². The molecule has 0 aromatic carbocycles. The van der Waals surface area contributed by atoms with Crippen LogP contribution in [-0.4, -0.2) is 5.78 Å². The Morgan fingerprint density at radius 3 is 2.42 bits per heavy atom. The van der Waals surface area contributed by atoms with Gasteiger partial charge in [0.05, 0.1) is 0 Å². The van der Waals surface area contributed by atoms with Crippen molar-refractivity contribution in [2.45, 2.75) is 40.5 Å². The quantitative estimate of drug-likeness (QED) is 0.547. The first-order chi connectivity index (χ1) is 5.44. The maximum atomic E-state index is 11.5. The van der Waals surface area contributed by atoms with Crippen LogP contribution in [0.1, 0.15) is 40.5 Å². The van der Waals surface area contributed by atoms with E-state index in [1.165, 1.54) is 5.57 Å². The topological polar surface area (TPSA) is 17.1 Å². The Bertz CT molecular complexity index is 219. The summed E-state index contributed by atoms with van der Waals surface area (Å²) in [4.78, 5) is 11.5. The Kier molecular flexibility index (Phi) is 2.41. The van der Waals surface area contributed by atoms with Gasteiger partial charge in [0.25, 0.3) is 0 Å². The number of Topliss-reactive ketones (excluding diaryl/α,β-unsaturated/α-hetero) is 1. The molecule has 1 atom stereocenters. The molecule has 1 aliphatic carbocycles. The summed E-state index contributed by atoms with van der Waals surface area (Å²) in [6, 6.07) is 0. The first-order valence-corrected chi connectivity index (χ1v) is 4.63. The summed E-state index contributed by atoms with van der Waals surface area (Å²) < 4.78 is 0. The monoisotopic (exact) mass is 166 g/mol. The van der Waals surface area contributed by atoms with Crippen LogP contribution in [0.3, 0.4) is 0 Å². The zero-order chi connectivity index (χ0) is 9.35. The van der Waals surface area contributed by atoms with Gasteiger partial charge in [-0.1, -0.05) is 25.5 Å². The fraction of sp³-hybridized carbons (Fsp3) is 0.727. The molecule has 0 spiro atoms. The lowest BCUT2D eigenvalue weighted by atomic mass is 9.80. The highest BCUT2D eigenvalue weighted by Crippen LogP contribution is 2.40. The maximum Gasteiger partial charge on any atom is 0.139 e. The first kappa shape index (κ1) is 9.50. The summed E-state index contributed by atoms with van der Waals surface area (Å²) in [7, 11) is 0. The van der Waals surface area contributed by atoms with Gasteiger partial charge in [-0.2, -0.15) is 0 Å². The van der Waals surface area contributed by atoms with Gasteiger partial charge < -0.3 is 0 Å². The summed E-state index contributed by atoms with van der Waals surface area (Å²) in [5.74, 6) is 0.889. The largest absolute Gasteiger partial charge is 0.299 e. The molecule has 0 amide bonds. The molecule has 1 rings (SSSR count). The van der Waals surface area contributed by atoms with Gasteiger partial charge in [-0.05, 0) is 26.2 Å². The second-order valence-electron chi connectivity index (χ2n) is 4.53. The van der Waals surface area contributed by atoms with E-state index in [1.54, 1.807) is 0 Å². The maximum absolute atomic E-state index is 11.5. The number of allylic oxidation sites excluding steroid dienone is 2. The lowest BCUT2D eigenvalue weighted by molar-refractivity contribution is -0.124. The van der Waals surface area contributed by atoms with E-state index in [9.17, 15) is 4.79 Å². The van der Waals surface area contributed by atoms with Crippen LogP contribution in [0.4, 0.5) is 0 Å². The van der Waals surface area contributed by atoms with Gasteiger partial charge in [0, 0.05) is 11.8 Å². The van der Waals surface area contributed by atoms with Crippen molar-refractivity contribution in [1.82, 2.24) is 0 Å². The van der Waals surface area contributed by atoms with Crippen LogP contribution in [0.5, 0.6) is 0 Å². The van der Waals surface area contributed by atoms with Crippen LogP contribution in [0.2, 0.25) is 0 Å². The number of ketones is 1. The minimum absolute atomic E-state index is 0.114. The van der Waals surface area contributed by atoms with E-state index in [-0.39, 0.29) is 5.41 Å². The van der Waals surface area contributed by atoms with Gasteiger partial charge in [-0.3, -0.25) is 4.79 Å². The molecule has 0 aliphatic heterocycles. The number of hydrogen-bond donors (Lipinski definition) is 0. The fourth-order valence-corrected chi connectivity index (χ4v) is 1.87. The van der Waals surface area contributed by atoms with E-state index < -0.39 is 0 Å². The average molecular weight is 166 g/mol. The normalized spacial score (nSPS) is 27.3. The van der Waals surface area contributed by atoms with Gasteiger partial charge in [0.2, 0.25) is 0 Å². The molecule has 0 radical (unpaired) electrons. The predicted octanol–water partition coefficient (Wildman–Crippen LogP) is 2.96. The first-order valence-electron chi connectivity index (χ1n) is 4.63. The highest BCUT2D eigenvalue weighted by atomic mass is 16.1. The highest BCUT2D eigenvalue weighted by molar-refractivity contribution is 5.86. The van der Waals surface area contributed by atoms with E-state index in [4.69, 9.17) is 0 Å². The summed E-state index contributed by atoms with van der Waals surface area (Å²) in [5.41, 5.74) is 1.21. The van der Waals surface area contributed by atoms with E-state index >= 15 is 0 Å². The van der Waals surface area contributed by atoms with Gasteiger partial charge in [0.1, 0.15) is 5.78 Å². The third kappa shape index (κ3) is 1.60. The molecular weight excluding hydrogens is 148 g/mol.